The molecule has 2 heterocycles. The summed E-state index contributed by atoms with van der Waals surface area (Å²) in [4.78, 5) is 43.3. The van der Waals surface area contributed by atoms with E-state index in [1.54, 1.807) is 30.6 Å². The molecule has 0 radical (unpaired) electrons. The third-order valence-corrected chi connectivity index (χ3v) is 2.96. The van der Waals surface area contributed by atoms with Crippen molar-refractivity contribution in [1.82, 2.24) is 10.0 Å². The first-order chi connectivity index (χ1) is 9.66. The fourth-order valence-corrected chi connectivity index (χ4v) is 2.02. The second-order valence-corrected chi connectivity index (χ2v) is 4.31. The number of carbonyl (C=O) groups excluding carboxylic acids is 3. The predicted molar refractivity (Wildman–Crippen MR) is 67.5 cm³/mol. The number of rotatable bonds is 3. The Balaban J connectivity index is 1.75. The molecule has 0 saturated heterocycles. The molecule has 0 atom stereocenters. The van der Waals surface area contributed by atoms with Crippen LogP contribution in [-0.2, 0) is 16.1 Å². The van der Waals surface area contributed by atoms with Gasteiger partial charge in [-0.05, 0) is 23.8 Å². The van der Waals surface area contributed by atoms with Gasteiger partial charge in [0.25, 0.3) is 11.8 Å². The summed E-state index contributed by atoms with van der Waals surface area (Å²) in [6.07, 6.45) is 3.30. The summed E-state index contributed by atoms with van der Waals surface area (Å²) in [5.74, 6) is -1.90. The van der Waals surface area contributed by atoms with E-state index < -0.39 is 17.8 Å². The third kappa shape index (κ3) is 1.97. The number of H-pyrrole nitrogens is 1. The van der Waals surface area contributed by atoms with Gasteiger partial charge in [-0.3, -0.25) is 9.59 Å². The average molecular weight is 270 g/mol. The Morgan fingerprint density at radius 1 is 1.10 bits per heavy atom. The number of benzene rings is 1. The molecule has 0 saturated carbocycles. The molecule has 6 nitrogen and oxygen atoms in total. The van der Waals surface area contributed by atoms with Crippen LogP contribution in [0.1, 0.15) is 26.3 Å². The van der Waals surface area contributed by atoms with Gasteiger partial charge in [-0.1, -0.05) is 17.2 Å². The van der Waals surface area contributed by atoms with Crippen LogP contribution in [0.25, 0.3) is 0 Å². The number of hydroxylamine groups is 2. The number of nitrogens with one attached hydrogen (secondary N) is 1. The minimum atomic E-state index is -0.667. The molecule has 100 valence electrons. The SMILES string of the molecule is O=C(Cc1cc[nH]c1)ON1C(=O)c2ccccc2C1=O. The summed E-state index contributed by atoms with van der Waals surface area (Å²) >= 11 is 0. The lowest BCUT2D eigenvalue weighted by molar-refractivity contribution is -0.167. The van der Waals surface area contributed by atoms with E-state index in [0.29, 0.717) is 10.6 Å². The van der Waals surface area contributed by atoms with Crippen molar-refractivity contribution in [1.29, 1.82) is 0 Å². The van der Waals surface area contributed by atoms with Crippen molar-refractivity contribution in [3.63, 3.8) is 0 Å². The molecule has 2 aromatic rings. The number of aromatic amines is 1. The minimum Gasteiger partial charge on any atom is -0.367 e. The number of hydrogen-bond donors (Lipinski definition) is 1. The zero-order valence-electron chi connectivity index (χ0n) is 10.3. The average Bonchev–Trinajstić information content (AvgIpc) is 3.03. The van der Waals surface area contributed by atoms with E-state index in [1.807, 2.05) is 0 Å². The van der Waals surface area contributed by atoms with Crippen LogP contribution < -0.4 is 0 Å². The Morgan fingerprint density at radius 3 is 2.30 bits per heavy atom. The van der Waals surface area contributed by atoms with Gasteiger partial charge in [0, 0.05) is 12.4 Å². The van der Waals surface area contributed by atoms with Crippen molar-refractivity contribution in [3.05, 3.63) is 59.4 Å². The Bertz CT molecular complexity index is 656. The van der Waals surface area contributed by atoms with E-state index >= 15 is 0 Å². The van der Waals surface area contributed by atoms with Crippen LogP contribution in [0.3, 0.4) is 0 Å². The lowest BCUT2D eigenvalue weighted by Crippen LogP contribution is -2.33. The normalized spacial score (nSPS) is 13.5. The highest BCUT2D eigenvalue weighted by molar-refractivity contribution is 6.20. The van der Waals surface area contributed by atoms with Crippen LogP contribution in [0, 0.1) is 0 Å². The van der Waals surface area contributed by atoms with Crippen LogP contribution in [0.2, 0.25) is 0 Å². The van der Waals surface area contributed by atoms with Gasteiger partial charge < -0.3 is 9.82 Å². The fraction of sp³-hybridized carbons (Fsp3) is 0.0714. The Kier molecular flexibility index (Phi) is 2.83. The van der Waals surface area contributed by atoms with E-state index in [-0.39, 0.29) is 17.5 Å². The van der Waals surface area contributed by atoms with Crippen molar-refractivity contribution < 1.29 is 19.2 Å². The van der Waals surface area contributed by atoms with E-state index in [9.17, 15) is 14.4 Å². The maximum absolute atomic E-state index is 12.0. The van der Waals surface area contributed by atoms with E-state index in [4.69, 9.17) is 4.84 Å². The van der Waals surface area contributed by atoms with E-state index in [2.05, 4.69) is 4.98 Å². The lowest BCUT2D eigenvalue weighted by Gasteiger charge is -2.12. The third-order valence-electron chi connectivity index (χ3n) is 2.96. The van der Waals surface area contributed by atoms with Crippen molar-refractivity contribution in [2.45, 2.75) is 6.42 Å². The molecule has 0 bridgehead atoms. The molecule has 6 heteroatoms. The van der Waals surface area contributed by atoms with Crippen molar-refractivity contribution >= 4 is 17.8 Å². The van der Waals surface area contributed by atoms with Crippen LogP contribution in [0.4, 0.5) is 0 Å². The maximum atomic E-state index is 12.0. The van der Waals surface area contributed by atoms with Gasteiger partial charge >= 0.3 is 5.97 Å². The number of carbonyl (C=O) groups is 3. The number of amides is 2. The molecule has 0 spiro atoms. The van der Waals surface area contributed by atoms with Gasteiger partial charge in [0.15, 0.2) is 0 Å². The van der Waals surface area contributed by atoms with Crippen LogP contribution in [0.15, 0.2) is 42.7 Å². The molecule has 2 amide bonds. The van der Waals surface area contributed by atoms with Crippen LogP contribution in [0.5, 0.6) is 0 Å². The molecular formula is C14H10N2O4. The van der Waals surface area contributed by atoms with Gasteiger partial charge in [-0.15, -0.1) is 0 Å². The van der Waals surface area contributed by atoms with Crippen molar-refractivity contribution in [2.75, 3.05) is 0 Å². The number of hydrogen-bond acceptors (Lipinski definition) is 4. The number of aromatic nitrogens is 1. The minimum absolute atomic E-state index is 0.0170. The molecule has 3 rings (SSSR count). The summed E-state index contributed by atoms with van der Waals surface area (Å²) in [7, 11) is 0. The standard InChI is InChI=1S/C14H10N2O4/c17-12(7-9-5-6-15-8-9)20-16-13(18)10-3-1-2-4-11(10)14(16)19/h1-6,8,15H,7H2. The molecule has 1 aromatic carbocycles. The summed E-state index contributed by atoms with van der Waals surface area (Å²) in [6, 6.07) is 8.05. The molecule has 0 unspecified atom stereocenters. The smallest absolute Gasteiger partial charge is 0.337 e. The first-order valence-electron chi connectivity index (χ1n) is 5.97. The second kappa shape index (κ2) is 4.65. The summed E-state index contributed by atoms with van der Waals surface area (Å²) < 4.78 is 0. The number of fused-ring (bicyclic) bond motifs is 1. The summed E-state index contributed by atoms with van der Waals surface area (Å²) in [5, 5.41) is 0.514. The van der Waals surface area contributed by atoms with Gasteiger partial charge in [0.05, 0.1) is 17.5 Å². The first kappa shape index (κ1) is 12.2. The largest absolute Gasteiger partial charge is 0.367 e. The molecule has 1 aliphatic heterocycles. The first-order valence-corrected chi connectivity index (χ1v) is 5.97. The number of imide groups is 1. The Morgan fingerprint density at radius 2 is 1.75 bits per heavy atom. The second-order valence-electron chi connectivity index (χ2n) is 4.31. The molecule has 1 aliphatic rings. The van der Waals surface area contributed by atoms with Crippen LogP contribution in [-0.4, -0.2) is 27.8 Å². The monoisotopic (exact) mass is 270 g/mol. The Hall–Kier alpha value is -2.89. The molecule has 0 fully saturated rings. The summed E-state index contributed by atoms with van der Waals surface area (Å²) in [5.41, 5.74) is 1.20. The van der Waals surface area contributed by atoms with Gasteiger partial charge in [-0.25, -0.2) is 4.79 Å². The lowest BCUT2D eigenvalue weighted by atomic mass is 10.1. The topological polar surface area (TPSA) is 79.5 Å². The fourth-order valence-electron chi connectivity index (χ4n) is 2.02. The van der Waals surface area contributed by atoms with E-state index in [0.717, 1.165) is 0 Å². The highest BCUT2D eigenvalue weighted by Gasteiger charge is 2.38. The maximum Gasteiger partial charge on any atom is 0.337 e. The van der Waals surface area contributed by atoms with Crippen molar-refractivity contribution in [2.24, 2.45) is 0 Å². The highest BCUT2D eigenvalue weighted by atomic mass is 16.7. The summed E-state index contributed by atoms with van der Waals surface area (Å²) in [6.45, 7) is 0. The van der Waals surface area contributed by atoms with Gasteiger partial charge in [0.1, 0.15) is 0 Å². The number of nitrogens with zero attached hydrogens (tertiary/aromatic N) is 1. The van der Waals surface area contributed by atoms with Gasteiger partial charge in [0.2, 0.25) is 0 Å². The molecule has 1 aromatic heterocycles. The zero-order chi connectivity index (χ0) is 14.1. The van der Waals surface area contributed by atoms with Crippen LogP contribution >= 0.6 is 0 Å². The van der Waals surface area contributed by atoms with Crippen molar-refractivity contribution in [3.8, 4) is 0 Å². The molecule has 1 N–H and O–H groups in total. The van der Waals surface area contributed by atoms with Gasteiger partial charge in [-0.2, -0.15) is 0 Å². The Labute approximate surface area is 113 Å². The highest BCUT2D eigenvalue weighted by Crippen LogP contribution is 2.22. The van der Waals surface area contributed by atoms with E-state index in [1.165, 1.54) is 12.1 Å². The predicted octanol–water partition coefficient (Wildman–Crippen LogP) is 1.31. The molecular weight excluding hydrogens is 260 g/mol. The zero-order valence-corrected chi connectivity index (χ0v) is 10.3. The molecule has 20 heavy (non-hydrogen) atoms. The quantitative estimate of drug-likeness (QED) is 0.853. The molecule has 0 aliphatic carbocycles.